The van der Waals surface area contributed by atoms with Gasteiger partial charge in [0.25, 0.3) is 0 Å². The number of pyridine rings is 8. The van der Waals surface area contributed by atoms with E-state index in [1.165, 1.54) is 65.3 Å². The molecule has 0 bridgehead atoms. The van der Waals surface area contributed by atoms with Crippen LogP contribution in [0.2, 0.25) is 0 Å². The van der Waals surface area contributed by atoms with Crippen LogP contribution in [0.25, 0.3) is 221 Å². The normalized spacial score (nSPS) is 11.2. The number of hydrogen-bond donors (Lipinski definition) is 0. The lowest BCUT2D eigenvalue weighted by molar-refractivity contribution is 1.31. The van der Waals surface area contributed by atoms with Crippen LogP contribution in [-0.4, -0.2) is 39.9 Å². The number of hydrogen-bond acceptors (Lipinski definition) is 8. The second kappa shape index (κ2) is 34.7. The Morgan fingerprint density at radius 3 is 0.889 bits per heavy atom. The van der Waals surface area contributed by atoms with Crippen molar-refractivity contribution in [2.45, 2.75) is 0 Å². The molecule has 0 spiro atoms. The van der Waals surface area contributed by atoms with Crippen LogP contribution in [0, 0.1) is 0 Å². The highest BCUT2D eigenvalue weighted by Crippen LogP contribution is 2.41. The quantitative estimate of drug-likeness (QED) is 0.0992. The molecule has 590 valence electrons. The van der Waals surface area contributed by atoms with E-state index in [1.807, 2.05) is 67.4 Å². The van der Waals surface area contributed by atoms with Crippen molar-refractivity contribution in [3.63, 3.8) is 0 Å². The van der Waals surface area contributed by atoms with Gasteiger partial charge >= 0.3 is 0 Å². The molecular weight excluding hydrogens is 1530 g/mol. The van der Waals surface area contributed by atoms with E-state index in [1.54, 1.807) is 18.6 Å². The molecule has 8 aromatic heterocycles. The van der Waals surface area contributed by atoms with Crippen LogP contribution < -0.4 is 0 Å². The van der Waals surface area contributed by atoms with Gasteiger partial charge < -0.3 is 0 Å². The molecule has 23 rings (SSSR count). The molecule has 0 fully saturated rings. The van der Waals surface area contributed by atoms with Crippen LogP contribution in [-0.2, 0) is 0 Å². The molecule has 0 amide bonds. The van der Waals surface area contributed by atoms with Gasteiger partial charge in [0, 0.05) is 93.7 Å². The zero-order chi connectivity index (χ0) is 83.9. The standard InChI is InChI=1S/2C41H27N3.C36H24N2/c1-3-8-28(9-4-1)30-13-17-32(18-14-30)38-26-35(36-23-25-43-41-37(36)22-21-34-12-7-24-42-40(34)41)27-39(44-38)33-19-15-31(16-20-33)29-10-5-2-6-11-29;1-2-8-38-30(5-1)13-18-34-23-33(19-20-39(34)38)37-24-40(31-14-9-28(10-15-31)35-6-3-21-42-26-35)44-41(25-37)32-16-11-29(12-17-32)36-7-4-22-43-27-36;1-3-8-29-20-31(17-15-25(29)6-1)35-22-34(28-13-11-27(12-14-28)33-10-5-19-37-24-33)23-36(38-35)32-18-16-26-7-2-4-9-30(26)21-32/h2*1-27H;1-24H. The van der Waals surface area contributed by atoms with Crippen LogP contribution >= 0.6 is 0 Å². The highest BCUT2D eigenvalue weighted by molar-refractivity contribution is 6.10. The summed E-state index contributed by atoms with van der Waals surface area (Å²) in [5.41, 5.74) is 32.2. The zero-order valence-corrected chi connectivity index (χ0v) is 68.6. The highest BCUT2D eigenvalue weighted by Gasteiger charge is 2.18. The van der Waals surface area contributed by atoms with E-state index in [9.17, 15) is 0 Å². The molecule has 0 radical (unpaired) electrons. The van der Waals surface area contributed by atoms with Gasteiger partial charge in [-0.2, -0.15) is 0 Å². The van der Waals surface area contributed by atoms with Gasteiger partial charge in [-0.05, 0) is 217 Å². The second-order valence-electron chi connectivity index (χ2n) is 31.5. The largest absolute Gasteiger partial charge is 0.264 e. The van der Waals surface area contributed by atoms with Crippen molar-refractivity contribution in [2.24, 2.45) is 0 Å². The van der Waals surface area contributed by atoms with Crippen molar-refractivity contribution in [3.8, 4) is 157 Å². The maximum absolute atomic E-state index is 5.21. The van der Waals surface area contributed by atoms with Crippen molar-refractivity contribution in [3.05, 3.63) is 474 Å². The Labute approximate surface area is 730 Å². The molecule has 0 N–H and O–H groups in total. The van der Waals surface area contributed by atoms with Crippen LogP contribution in [0.5, 0.6) is 0 Å². The lowest BCUT2D eigenvalue weighted by Gasteiger charge is -2.13. The van der Waals surface area contributed by atoms with Gasteiger partial charge in [-0.25, -0.2) is 15.0 Å². The summed E-state index contributed by atoms with van der Waals surface area (Å²) in [6.07, 6.45) is 14.8. The minimum absolute atomic E-state index is 0.903. The Balaban J connectivity index is 0.000000116. The summed E-state index contributed by atoms with van der Waals surface area (Å²) in [4.78, 5) is 37.8. The summed E-state index contributed by atoms with van der Waals surface area (Å²) in [5.74, 6) is 0. The molecule has 0 saturated carbocycles. The van der Waals surface area contributed by atoms with Crippen molar-refractivity contribution >= 4 is 64.9 Å². The van der Waals surface area contributed by atoms with E-state index in [-0.39, 0.29) is 0 Å². The Hall–Kier alpha value is -16.9. The maximum Gasteiger partial charge on any atom is 0.0970 e. The first kappa shape index (κ1) is 76.5. The number of aromatic nitrogens is 8. The second-order valence-corrected chi connectivity index (χ2v) is 31.5. The van der Waals surface area contributed by atoms with Gasteiger partial charge in [0.1, 0.15) is 0 Å². The molecule has 0 aliphatic rings. The fourth-order valence-corrected chi connectivity index (χ4v) is 16.9. The van der Waals surface area contributed by atoms with Crippen molar-refractivity contribution in [1.29, 1.82) is 0 Å². The molecule has 15 aromatic carbocycles. The Kier molecular flexibility index (Phi) is 21.0. The van der Waals surface area contributed by atoms with Crippen LogP contribution in [0.4, 0.5) is 0 Å². The van der Waals surface area contributed by atoms with E-state index >= 15 is 0 Å². The van der Waals surface area contributed by atoms with E-state index in [0.717, 1.165) is 156 Å². The monoisotopic (exact) mass is 1610 g/mol. The SMILES string of the molecule is c1ccc(-c2ccc(-c3cc(-c4ccnc5c4ccc4cccnc45)cc(-c4ccc(-c5ccccc5)cc4)n3)cc2)cc1.c1cncc(-c2ccc(-c3cc(-c4ccc5c(ccc6ccccc65)c4)cc(-c4ccc(-c5cccnc5)cc4)n3)cc2)c1.c1cncc(-c2ccc(-c3cc(-c4ccc5ccccc5c4)nc(-c4ccc5ccccc5c4)c3)cc2)c1. The number of nitrogens with zero attached hydrogens (tertiary/aromatic N) is 8. The molecule has 0 unspecified atom stereocenters. The average molecular weight is 1610 g/mol. The third kappa shape index (κ3) is 16.3. The van der Waals surface area contributed by atoms with Crippen molar-refractivity contribution < 1.29 is 0 Å². The third-order valence-corrected chi connectivity index (χ3v) is 23.6. The molecule has 8 heteroatoms. The molecule has 0 aliphatic heterocycles. The molecule has 126 heavy (non-hydrogen) atoms. The minimum Gasteiger partial charge on any atom is -0.264 e. The summed E-state index contributed by atoms with van der Waals surface area (Å²) in [6.45, 7) is 0. The molecule has 23 aromatic rings. The van der Waals surface area contributed by atoms with E-state index < -0.39 is 0 Å². The van der Waals surface area contributed by atoms with Crippen LogP contribution in [0.3, 0.4) is 0 Å². The van der Waals surface area contributed by atoms with Gasteiger partial charge in [-0.15, -0.1) is 0 Å². The Morgan fingerprint density at radius 2 is 0.429 bits per heavy atom. The van der Waals surface area contributed by atoms with Gasteiger partial charge in [0.15, 0.2) is 0 Å². The van der Waals surface area contributed by atoms with Crippen molar-refractivity contribution in [1.82, 2.24) is 39.9 Å². The number of rotatable bonds is 14. The lowest BCUT2D eigenvalue weighted by atomic mass is 9.95. The zero-order valence-electron chi connectivity index (χ0n) is 68.6. The first-order valence-electron chi connectivity index (χ1n) is 42.3. The molecule has 0 aliphatic carbocycles. The van der Waals surface area contributed by atoms with Crippen LogP contribution in [0.15, 0.2) is 474 Å². The smallest absolute Gasteiger partial charge is 0.0970 e. The fourth-order valence-electron chi connectivity index (χ4n) is 16.9. The van der Waals surface area contributed by atoms with E-state index in [2.05, 4.69) is 408 Å². The molecular formula is C118H78N8. The van der Waals surface area contributed by atoms with E-state index in [0.29, 0.717) is 0 Å². The van der Waals surface area contributed by atoms with Gasteiger partial charge in [0.2, 0.25) is 0 Å². The Bertz CT molecular complexity index is 7580. The highest BCUT2D eigenvalue weighted by atomic mass is 14.7. The first-order chi connectivity index (χ1) is 62.4. The molecule has 8 heterocycles. The maximum atomic E-state index is 5.21. The summed E-state index contributed by atoms with van der Waals surface area (Å²) >= 11 is 0. The van der Waals surface area contributed by atoms with Crippen molar-refractivity contribution in [2.75, 3.05) is 0 Å². The summed E-state index contributed by atoms with van der Waals surface area (Å²) in [5, 5.41) is 12.1. The van der Waals surface area contributed by atoms with Crippen LogP contribution in [0.1, 0.15) is 0 Å². The van der Waals surface area contributed by atoms with Gasteiger partial charge in [0.05, 0.1) is 45.2 Å². The minimum atomic E-state index is 0.903. The first-order valence-corrected chi connectivity index (χ1v) is 42.3. The molecule has 0 saturated heterocycles. The molecule has 0 atom stereocenters. The number of benzene rings is 15. The third-order valence-electron chi connectivity index (χ3n) is 23.6. The van der Waals surface area contributed by atoms with Gasteiger partial charge in [-0.3, -0.25) is 24.9 Å². The number of fused-ring (bicyclic) bond motifs is 8. The summed E-state index contributed by atoms with van der Waals surface area (Å²) < 4.78 is 0. The lowest BCUT2D eigenvalue weighted by Crippen LogP contribution is -1.93. The summed E-state index contributed by atoms with van der Waals surface area (Å²) in [7, 11) is 0. The fraction of sp³-hybridized carbons (Fsp3) is 0. The molecule has 8 nitrogen and oxygen atoms in total. The Morgan fingerprint density at radius 1 is 0.135 bits per heavy atom. The summed E-state index contributed by atoms with van der Waals surface area (Å²) in [6, 6.07) is 150. The predicted molar refractivity (Wildman–Crippen MR) is 523 cm³/mol. The van der Waals surface area contributed by atoms with E-state index in [4.69, 9.17) is 19.9 Å². The topological polar surface area (TPSA) is 103 Å². The predicted octanol–water partition coefficient (Wildman–Crippen LogP) is 30.5. The average Bonchev–Trinajstić information content (AvgIpc) is 0.715. The van der Waals surface area contributed by atoms with Gasteiger partial charge in [-0.1, -0.05) is 340 Å².